The highest BCUT2D eigenvalue weighted by Crippen LogP contribution is 2.14. The van der Waals surface area contributed by atoms with E-state index in [2.05, 4.69) is 19.9 Å². The lowest BCUT2D eigenvalue weighted by atomic mass is 9.98. The molecule has 0 atom stereocenters. The molecule has 0 amide bonds. The van der Waals surface area contributed by atoms with E-state index in [0.29, 0.717) is 0 Å². The Labute approximate surface area is 73.4 Å². The van der Waals surface area contributed by atoms with Gasteiger partial charge in [-0.2, -0.15) is 0 Å². The topological polar surface area (TPSA) is 17.1 Å². The van der Waals surface area contributed by atoms with Crippen LogP contribution in [0.3, 0.4) is 0 Å². The molecule has 0 aliphatic carbocycles. The Morgan fingerprint density at radius 1 is 1.25 bits per heavy atom. The lowest BCUT2D eigenvalue weighted by Crippen LogP contribution is -1.96. The van der Waals surface area contributed by atoms with Crippen LogP contribution in [0.1, 0.15) is 35.3 Å². The summed E-state index contributed by atoms with van der Waals surface area (Å²) in [7, 11) is 0. The van der Waals surface area contributed by atoms with Gasteiger partial charge in [-0.1, -0.05) is 32.0 Å². The maximum absolute atomic E-state index is 10.7. The van der Waals surface area contributed by atoms with Gasteiger partial charge in [0.2, 0.25) is 0 Å². The molecule has 64 valence electrons. The average Bonchev–Trinajstić information content (AvgIpc) is 2.16. The van der Waals surface area contributed by atoms with Gasteiger partial charge < -0.3 is 0 Å². The van der Waals surface area contributed by atoms with Gasteiger partial charge in [0.25, 0.3) is 0 Å². The minimum Gasteiger partial charge on any atom is -0.298 e. The monoisotopic (exact) mass is 162 g/mol. The van der Waals surface area contributed by atoms with Crippen molar-refractivity contribution < 1.29 is 4.79 Å². The van der Waals surface area contributed by atoms with Gasteiger partial charge >= 0.3 is 0 Å². The molecule has 0 spiro atoms. The molecule has 1 heteroatoms. The Hall–Kier alpha value is -1.11. The molecule has 12 heavy (non-hydrogen) atoms. The first-order valence-corrected chi connectivity index (χ1v) is 4.39. The van der Waals surface area contributed by atoms with Crippen LogP contribution in [0.5, 0.6) is 0 Å². The third-order valence-corrected chi connectivity index (χ3v) is 2.17. The molecule has 0 bridgehead atoms. The summed E-state index contributed by atoms with van der Waals surface area (Å²) in [6.07, 6.45) is 2.89. The smallest absolute Gasteiger partial charge is 0.150 e. The summed E-state index contributed by atoms with van der Waals surface area (Å²) in [5.41, 5.74) is 3.34. The molecule has 1 aromatic rings. The summed E-state index contributed by atoms with van der Waals surface area (Å²) in [6.45, 7) is 4.20. The standard InChI is InChI=1S/C11H14O/c1-3-9-6-5-7-10(8-12)11(9)4-2/h5-8H,3-4H2,1-2H3. The zero-order valence-electron chi connectivity index (χ0n) is 7.63. The zero-order chi connectivity index (χ0) is 8.97. The fourth-order valence-corrected chi connectivity index (χ4v) is 1.53. The first-order valence-electron chi connectivity index (χ1n) is 4.39. The number of hydrogen-bond donors (Lipinski definition) is 0. The SMILES string of the molecule is CCc1cccc(C=O)c1CC. The molecule has 0 saturated heterocycles. The van der Waals surface area contributed by atoms with E-state index < -0.39 is 0 Å². The van der Waals surface area contributed by atoms with Crippen LogP contribution < -0.4 is 0 Å². The molecule has 0 aliphatic heterocycles. The molecule has 0 heterocycles. The highest BCUT2D eigenvalue weighted by molar-refractivity contribution is 5.77. The Bertz CT molecular complexity index is 276. The van der Waals surface area contributed by atoms with E-state index in [-0.39, 0.29) is 0 Å². The van der Waals surface area contributed by atoms with Crippen molar-refractivity contribution in [1.82, 2.24) is 0 Å². The Balaban J connectivity index is 3.21. The van der Waals surface area contributed by atoms with E-state index in [4.69, 9.17) is 0 Å². The third kappa shape index (κ3) is 1.55. The molecule has 0 fully saturated rings. The second-order valence-electron chi connectivity index (χ2n) is 2.81. The van der Waals surface area contributed by atoms with Crippen molar-refractivity contribution in [3.63, 3.8) is 0 Å². The van der Waals surface area contributed by atoms with Gasteiger partial charge in [-0.25, -0.2) is 0 Å². The molecule has 0 N–H and O–H groups in total. The average molecular weight is 162 g/mol. The van der Waals surface area contributed by atoms with Gasteiger partial charge in [0.1, 0.15) is 6.29 Å². The van der Waals surface area contributed by atoms with Crippen molar-refractivity contribution >= 4 is 6.29 Å². The number of hydrogen-bond acceptors (Lipinski definition) is 1. The van der Waals surface area contributed by atoms with E-state index in [9.17, 15) is 4.79 Å². The van der Waals surface area contributed by atoms with Crippen LogP contribution in [-0.4, -0.2) is 6.29 Å². The molecule has 1 aromatic carbocycles. The number of carbonyl (C=O) groups is 1. The first kappa shape index (κ1) is 8.98. The van der Waals surface area contributed by atoms with Crippen LogP contribution in [0.15, 0.2) is 18.2 Å². The maximum Gasteiger partial charge on any atom is 0.150 e. The van der Waals surface area contributed by atoms with E-state index in [1.165, 1.54) is 11.1 Å². The molecule has 0 aliphatic rings. The first-order chi connectivity index (χ1) is 5.83. The van der Waals surface area contributed by atoms with Crippen molar-refractivity contribution in [2.24, 2.45) is 0 Å². The summed E-state index contributed by atoms with van der Waals surface area (Å²) in [6, 6.07) is 5.92. The van der Waals surface area contributed by atoms with Crippen LogP contribution in [0.4, 0.5) is 0 Å². The predicted molar refractivity (Wildman–Crippen MR) is 50.6 cm³/mol. The normalized spacial score (nSPS) is 9.83. The third-order valence-electron chi connectivity index (χ3n) is 2.17. The van der Waals surface area contributed by atoms with Crippen LogP contribution in [0, 0.1) is 0 Å². The van der Waals surface area contributed by atoms with Crippen molar-refractivity contribution in [1.29, 1.82) is 0 Å². The Kier molecular flexibility index (Phi) is 3.03. The van der Waals surface area contributed by atoms with Crippen molar-refractivity contribution in [2.45, 2.75) is 26.7 Å². The summed E-state index contributed by atoms with van der Waals surface area (Å²) in [4.78, 5) is 10.7. The highest BCUT2D eigenvalue weighted by atomic mass is 16.1. The molecule has 0 saturated carbocycles. The van der Waals surface area contributed by atoms with E-state index in [0.717, 1.165) is 24.7 Å². The van der Waals surface area contributed by atoms with Gasteiger partial charge in [0, 0.05) is 5.56 Å². The fourth-order valence-electron chi connectivity index (χ4n) is 1.53. The Morgan fingerprint density at radius 2 is 2.00 bits per heavy atom. The Morgan fingerprint density at radius 3 is 2.50 bits per heavy atom. The van der Waals surface area contributed by atoms with Crippen molar-refractivity contribution in [3.8, 4) is 0 Å². The van der Waals surface area contributed by atoms with Gasteiger partial charge in [-0.05, 0) is 24.0 Å². The molecule has 0 unspecified atom stereocenters. The summed E-state index contributed by atoms with van der Waals surface area (Å²) >= 11 is 0. The van der Waals surface area contributed by atoms with Crippen molar-refractivity contribution in [2.75, 3.05) is 0 Å². The van der Waals surface area contributed by atoms with Crippen molar-refractivity contribution in [3.05, 3.63) is 34.9 Å². The molecule has 1 nitrogen and oxygen atoms in total. The summed E-state index contributed by atoms with van der Waals surface area (Å²) < 4.78 is 0. The number of benzene rings is 1. The molecular weight excluding hydrogens is 148 g/mol. The molecule has 1 rings (SSSR count). The van der Waals surface area contributed by atoms with Crippen LogP contribution >= 0.6 is 0 Å². The zero-order valence-corrected chi connectivity index (χ0v) is 7.63. The van der Waals surface area contributed by atoms with E-state index in [1.54, 1.807) is 0 Å². The fraction of sp³-hybridized carbons (Fsp3) is 0.364. The highest BCUT2D eigenvalue weighted by Gasteiger charge is 2.02. The second kappa shape index (κ2) is 4.05. The largest absolute Gasteiger partial charge is 0.298 e. The van der Waals surface area contributed by atoms with E-state index >= 15 is 0 Å². The van der Waals surface area contributed by atoms with Gasteiger partial charge in [0.15, 0.2) is 0 Å². The second-order valence-corrected chi connectivity index (χ2v) is 2.81. The molecule has 0 radical (unpaired) electrons. The summed E-state index contributed by atoms with van der Waals surface area (Å²) in [5.74, 6) is 0. The maximum atomic E-state index is 10.7. The predicted octanol–water partition coefficient (Wildman–Crippen LogP) is 2.62. The van der Waals surface area contributed by atoms with Crippen LogP contribution in [0.2, 0.25) is 0 Å². The van der Waals surface area contributed by atoms with Gasteiger partial charge in [-0.15, -0.1) is 0 Å². The number of aryl methyl sites for hydroxylation is 1. The number of aldehydes is 1. The lowest BCUT2D eigenvalue weighted by molar-refractivity contribution is 0.112. The minimum absolute atomic E-state index is 0.844. The quantitative estimate of drug-likeness (QED) is 0.624. The molecule has 0 aromatic heterocycles. The van der Waals surface area contributed by atoms with Crippen LogP contribution in [-0.2, 0) is 12.8 Å². The minimum atomic E-state index is 0.844. The van der Waals surface area contributed by atoms with E-state index in [1.807, 2.05) is 12.1 Å². The molecular formula is C11H14O. The lowest BCUT2D eigenvalue weighted by Gasteiger charge is -2.06. The summed E-state index contributed by atoms with van der Waals surface area (Å²) in [5, 5.41) is 0. The number of carbonyl (C=O) groups excluding carboxylic acids is 1. The van der Waals surface area contributed by atoms with Gasteiger partial charge in [-0.3, -0.25) is 4.79 Å². The van der Waals surface area contributed by atoms with Crippen LogP contribution in [0.25, 0.3) is 0 Å². The van der Waals surface area contributed by atoms with Gasteiger partial charge in [0.05, 0.1) is 0 Å². The number of rotatable bonds is 3.